The van der Waals surface area contributed by atoms with Gasteiger partial charge in [-0.15, -0.1) is 0 Å². The third-order valence-corrected chi connectivity index (χ3v) is 5.18. The fourth-order valence-corrected chi connectivity index (χ4v) is 3.74. The third-order valence-electron chi connectivity index (χ3n) is 5.18. The predicted octanol–water partition coefficient (Wildman–Crippen LogP) is 1.73. The Bertz CT molecular complexity index is 546. The minimum Gasteiger partial charge on any atom is -0.325 e. The monoisotopic (exact) mass is 330 g/mol. The van der Waals surface area contributed by atoms with E-state index in [0.717, 1.165) is 45.0 Å². The number of nitrogens with one attached hydrogen (secondary N) is 2. The second-order valence-corrected chi connectivity index (χ2v) is 7.25. The van der Waals surface area contributed by atoms with Gasteiger partial charge in [-0.1, -0.05) is 32.0 Å². The first-order valence-corrected chi connectivity index (χ1v) is 9.19. The van der Waals surface area contributed by atoms with Crippen molar-refractivity contribution in [1.82, 2.24) is 15.1 Å². The lowest BCUT2D eigenvalue weighted by Gasteiger charge is -2.37. The molecule has 2 N–H and O–H groups in total. The molecule has 0 saturated carbocycles. The van der Waals surface area contributed by atoms with Gasteiger partial charge in [0, 0.05) is 44.5 Å². The molecule has 0 aromatic heterocycles. The second kappa shape index (κ2) is 8.10. The molecule has 5 heteroatoms. The number of piperazine rings is 1. The summed E-state index contributed by atoms with van der Waals surface area (Å²) in [7, 11) is 0. The fourth-order valence-electron chi connectivity index (χ4n) is 3.74. The minimum absolute atomic E-state index is 0.0964. The second-order valence-electron chi connectivity index (χ2n) is 7.25. The predicted molar refractivity (Wildman–Crippen MR) is 98.4 cm³/mol. The van der Waals surface area contributed by atoms with E-state index < -0.39 is 0 Å². The van der Waals surface area contributed by atoms with Crippen LogP contribution in [0.1, 0.15) is 31.7 Å². The number of nitrogens with zero attached hydrogens (tertiary/aromatic N) is 2. The highest BCUT2D eigenvalue weighted by atomic mass is 16.2. The number of hydrogen-bond donors (Lipinski definition) is 2. The smallest absolute Gasteiger partial charge is 0.238 e. The first kappa shape index (κ1) is 17.4. The van der Waals surface area contributed by atoms with Gasteiger partial charge in [-0.25, -0.2) is 0 Å². The number of rotatable bonds is 5. The molecule has 1 unspecified atom stereocenters. The number of anilines is 1. The Kier molecular flexibility index (Phi) is 5.87. The zero-order valence-electron chi connectivity index (χ0n) is 14.9. The Hall–Kier alpha value is -1.43. The van der Waals surface area contributed by atoms with Crippen molar-refractivity contribution in [1.29, 1.82) is 0 Å². The maximum absolute atomic E-state index is 12.4. The molecule has 0 aliphatic carbocycles. The number of para-hydroxylation sites is 1. The summed E-state index contributed by atoms with van der Waals surface area (Å²) < 4.78 is 0. The van der Waals surface area contributed by atoms with Crippen molar-refractivity contribution < 1.29 is 4.79 Å². The van der Waals surface area contributed by atoms with Gasteiger partial charge in [-0.05, 0) is 30.5 Å². The van der Waals surface area contributed by atoms with Gasteiger partial charge in [0.05, 0.1) is 6.54 Å². The molecule has 0 spiro atoms. The summed E-state index contributed by atoms with van der Waals surface area (Å²) in [4.78, 5) is 17.3. The van der Waals surface area contributed by atoms with Crippen molar-refractivity contribution in [2.45, 2.75) is 32.2 Å². The highest BCUT2D eigenvalue weighted by Crippen LogP contribution is 2.23. The van der Waals surface area contributed by atoms with Crippen molar-refractivity contribution in [2.75, 3.05) is 51.1 Å². The number of hydrogen-bond acceptors (Lipinski definition) is 4. The van der Waals surface area contributed by atoms with Crippen LogP contribution in [-0.4, -0.2) is 67.6 Å². The zero-order chi connectivity index (χ0) is 16.9. The quantitative estimate of drug-likeness (QED) is 0.863. The number of benzene rings is 1. The molecule has 2 aliphatic heterocycles. The highest BCUT2D eigenvalue weighted by molar-refractivity contribution is 5.93. The molecule has 2 fully saturated rings. The van der Waals surface area contributed by atoms with E-state index in [4.69, 9.17) is 0 Å². The average Bonchev–Trinajstić information content (AvgIpc) is 3.10. The number of amides is 1. The summed E-state index contributed by atoms with van der Waals surface area (Å²) in [6, 6.07) is 8.80. The van der Waals surface area contributed by atoms with Gasteiger partial charge in [0.25, 0.3) is 0 Å². The molecule has 132 valence electrons. The lowest BCUT2D eigenvalue weighted by Crippen LogP contribution is -2.52. The standard InChI is InChI=1S/C19H30N4O/c1-15(2)17-5-3-4-6-18(17)21-19(24)14-22-9-11-23(12-10-22)16-7-8-20-13-16/h3-6,15-16,20H,7-14H2,1-2H3,(H,21,24). The van der Waals surface area contributed by atoms with Crippen LogP contribution in [0, 0.1) is 0 Å². The van der Waals surface area contributed by atoms with Crippen molar-refractivity contribution in [3.8, 4) is 0 Å². The van der Waals surface area contributed by atoms with Gasteiger partial charge in [0.15, 0.2) is 0 Å². The Morgan fingerprint density at radius 1 is 1.25 bits per heavy atom. The molecule has 2 heterocycles. The third kappa shape index (κ3) is 4.35. The molecular formula is C19H30N4O. The molecule has 3 rings (SSSR count). The van der Waals surface area contributed by atoms with Gasteiger partial charge in [-0.3, -0.25) is 14.6 Å². The van der Waals surface area contributed by atoms with Gasteiger partial charge >= 0.3 is 0 Å². The van der Waals surface area contributed by atoms with E-state index in [9.17, 15) is 4.79 Å². The van der Waals surface area contributed by atoms with Crippen LogP contribution in [-0.2, 0) is 4.79 Å². The zero-order valence-corrected chi connectivity index (χ0v) is 14.9. The molecule has 1 aromatic rings. The molecule has 24 heavy (non-hydrogen) atoms. The van der Waals surface area contributed by atoms with Gasteiger partial charge in [0.2, 0.25) is 5.91 Å². The Labute approximate surface area is 145 Å². The molecule has 0 bridgehead atoms. The van der Waals surface area contributed by atoms with E-state index in [-0.39, 0.29) is 5.91 Å². The summed E-state index contributed by atoms with van der Waals surface area (Å²) in [6.45, 7) is 11.2. The van der Waals surface area contributed by atoms with E-state index in [0.29, 0.717) is 18.5 Å². The van der Waals surface area contributed by atoms with Gasteiger partial charge < -0.3 is 10.6 Å². The van der Waals surface area contributed by atoms with Crippen molar-refractivity contribution >= 4 is 11.6 Å². The van der Waals surface area contributed by atoms with E-state index in [2.05, 4.69) is 40.3 Å². The van der Waals surface area contributed by atoms with Crippen LogP contribution in [0.25, 0.3) is 0 Å². The molecule has 1 aromatic carbocycles. The van der Waals surface area contributed by atoms with Crippen LogP contribution in [0.3, 0.4) is 0 Å². The first-order chi connectivity index (χ1) is 11.6. The summed E-state index contributed by atoms with van der Waals surface area (Å²) >= 11 is 0. The maximum atomic E-state index is 12.4. The highest BCUT2D eigenvalue weighted by Gasteiger charge is 2.26. The SMILES string of the molecule is CC(C)c1ccccc1NC(=O)CN1CCN(C2CCNC2)CC1. The van der Waals surface area contributed by atoms with Crippen LogP contribution in [0.15, 0.2) is 24.3 Å². The van der Waals surface area contributed by atoms with E-state index in [1.807, 2.05) is 18.2 Å². The number of carbonyl (C=O) groups is 1. The van der Waals surface area contributed by atoms with Gasteiger partial charge in [-0.2, -0.15) is 0 Å². The molecule has 1 amide bonds. The Morgan fingerprint density at radius 2 is 2.00 bits per heavy atom. The number of carbonyl (C=O) groups excluding carboxylic acids is 1. The fraction of sp³-hybridized carbons (Fsp3) is 0.632. The van der Waals surface area contributed by atoms with Gasteiger partial charge in [0.1, 0.15) is 0 Å². The largest absolute Gasteiger partial charge is 0.325 e. The van der Waals surface area contributed by atoms with E-state index in [1.165, 1.54) is 12.0 Å². The molecular weight excluding hydrogens is 300 g/mol. The summed E-state index contributed by atoms with van der Waals surface area (Å²) in [6.07, 6.45) is 1.26. The van der Waals surface area contributed by atoms with Crippen LogP contribution < -0.4 is 10.6 Å². The lowest BCUT2D eigenvalue weighted by molar-refractivity contribution is -0.117. The molecule has 2 aliphatic rings. The molecule has 5 nitrogen and oxygen atoms in total. The Morgan fingerprint density at radius 3 is 2.67 bits per heavy atom. The summed E-state index contributed by atoms with van der Waals surface area (Å²) in [5.41, 5.74) is 2.15. The maximum Gasteiger partial charge on any atom is 0.238 e. The van der Waals surface area contributed by atoms with Crippen molar-refractivity contribution in [3.63, 3.8) is 0 Å². The van der Waals surface area contributed by atoms with Crippen LogP contribution >= 0.6 is 0 Å². The molecule has 2 saturated heterocycles. The molecule has 0 radical (unpaired) electrons. The van der Waals surface area contributed by atoms with Crippen molar-refractivity contribution in [2.24, 2.45) is 0 Å². The average molecular weight is 330 g/mol. The van der Waals surface area contributed by atoms with Crippen LogP contribution in [0.4, 0.5) is 5.69 Å². The molecule has 1 atom stereocenters. The summed E-state index contributed by atoms with van der Waals surface area (Å²) in [5.74, 6) is 0.504. The topological polar surface area (TPSA) is 47.6 Å². The van der Waals surface area contributed by atoms with E-state index in [1.54, 1.807) is 0 Å². The Balaban J connectivity index is 1.48. The first-order valence-electron chi connectivity index (χ1n) is 9.19. The lowest BCUT2D eigenvalue weighted by atomic mass is 10.0. The van der Waals surface area contributed by atoms with Crippen molar-refractivity contribution in [3.05, 3.63) is 29.8 Å². The van der Waals surface area contributed by atoms with Crippen LogP contribution in [0.5, 0.6) is 0 Å². The normalized spacial score (nSPS) is 22.9. The minimum atomic E-state index is 0.0964. The summed E-state index contributed by atoms with van der Waals surface area (Å²) in [5, 5.41) is 6.54. The van der Waals surface area contributed by atoms with E-state index >= 15 is 0 Å². The van der Waals surface area contributed by atoms with Crippen LogP contribution in [0.2, 0.25) is 0 Å².